The molecule has 13 nitrogen and oxygen atoms in total. The number of hydrogen-bond donors (Lipinski definition) is 2. The number of urea groups is 1. The summed E-state index contributed by atoms with van der Waals surface area (Å²) < 4.78 is 70.1. The Labute approximate surface area is 327 Å². The van der Waals surface area contributed by atoms with Crippen LogP contribution in [0.15, 0.2) is 76.3 Å². The van der Waals surface area contributed by atoms with Gasteiger partial charge in [-0.1, -0.05) is 18.2 Å². The van der Waals surface area contributed by atoms with Crippen LogP contribution in [0.25, 0.3) is 26.3 Å². The predicted molar refractivity (Wildman–Crippen MR) is 214 cm³/mol. The maximum absolute atomic E-state index is 15.2. The monoisotopic (exact) mass is 810 g/mol. The van der Waals surface area contributed by atoms with Crippen molar-refractivity contribution in [1.82, 2.24) is 23.7 Å². The number of rotatable bonds is 15. The lowest BCUT2D eigenvalue weighted by Crippen LogP contribution is -2.41. The van der Waals surface area contributed by atoms with Crippen LogP contribution in [-0.2, 0) is 27.8 Å². The van der Waals surface area contributed by atoms with Crippen molar-refractivity contribution >= 4 is 43.3 Å². The highest BCUT2D eigenvalue weighted by Gasteiger charge is 2.33. The van der Waals surface area contributed by atoms with Gasteiger partial charge < -0.3 is 25.0 Å². The van der Waals surface area contributed by atoms with Crippen LogP contribution in [-0.4, -0.2) is 92.1 Å². The molecule has 5 aromatic rings. The zero-order chi connectivity index (χ0) is 40.1. The molecule has 2 aromatic heterocycles. The number of nitrogens with zero attached hydrogens (tertiary/aromatic N) is 4. The van der Waals surface area contributed by atoms with Crippen LogP contribution in [0.1, 0.15) is 30.9 Å². The van der Waals surface area contributed by atoms with Crippen LogP contribution in [0.4, 0.5) is 19.3 Å². The maximum atomic E-state index is 15.2. The third-order valence-electron chi connectivity index (χ3n) is 9.54. The lowest BCUT2D eigenvalue weighted by atomic mass is 10.1. The molecule has 0 unspecified atom stereocenters. The second-order valence-corrected chi connectivity index (χ2v) is 16.5. The molecule has 0 bridgehead atoms. The van der Waals surface area contributed by atoms with Gasteiger partial charge in [-0.15, -0.1) is 11.3 Å². The molecule has 0 saturated carbocycles. The number of halogens is 2. The van der Waals surface area contributed by atoms with Crippen LogP contribution in [0.2, 0.25) is 0 Å². The molecule has 6 rings (SSSR count). The summed E-state index contributed by atoms with van der Waals surface area (Å²) in [5.74, 6) is -1.22. The summed E-state index contributed by atoms with van der Waals surface area (Å²) in [4.78, 5) is 44.3. The summed E-state index contributed by atoms with van der Waals surface area (Å²) in [5, 5.41) is 5.62. The summed E-state index contributed by atoms with van der Waals surface area (Å²) >= 11 is 1.14. The normalized spacial score (nSPS) is 14.8. The van der Waals surface area contributed by atoms with Crippen molar-refractivity contribution in [2.75, 3.05) is 58.6 Å². The molecule has 2 N–H and O–H groups in total. The van der Waals surface area contributed by atoms with E-state index >= 15 is 8.78 Å². The zero-order valence-corrected chi connectivity index (χ0v) is 33.1. The van der Waals surface area contributed by atoms with Gasteiger partial charge in [-0.25, -0.2) is 31.4 Å². The molecular weight excluding hydrogens is 767 g/mol. The Hall–Kier alpha value is -4.94. The van der Waals surface area contributed by atoms with E-state index in [1.54, 1.807) is 62.6 Å². The van der Waals surface area contributed by atoms with E-state index < -0.39 is 39.5 Å². The van der Waals surface area contributed by atoms with E-state index in [-0.39, 0.29) is 46.7 Å². The highest BCUT2D eigenvalue weighted by atomic mass is 32.2. The van der Waals surface area contributed by atoms with Gasteiger partial charge >= 0.3 is 11.7 Å². The second-order valence-electron chi connectivity index (χ2n) is 13.6. The largest absolute Gasteiger partial charge is 0.491 e. The predicted octanol–water partition coefficient (Wildman–Crippen LogP) is 5.23. The van der Waals surface area contributed by atoms with Gasteiger partial charge in [0.05, 0.1) is 30.5 Å². The highest BCUT2D eigenvalue weighted by Crippen LogP contribution is 2.39. The number of amides is 2. The first-order valence-electron chi connectivity index (χ1n) is 18.1. The summed E-state index contributed by atoms with van der Waals surface area (Å²) in [5.41, 5.74) is 0.150. The number of fused-ring (bicyclic) bond motifs is 1. The van der Waals surface area contributed by atoms with Crippen molar-refractivity contribution in [2.45, 2.75) is 38.9 Å². The molecule has 2 amide bonds. The molecule has 56 heavy (non-hydrogen) atoms. The number of carbonyl (C=O) groups excluding carboxylic acids is 1. The van der Waals surface area contributed by atoms with E-state index in [9.17, 15) is 22.8 Å². The molecule has 17 heteroatoms. The number of carbonyl (C=O) groups is 1. The van der Waals surface area contributed by atoms with Gasteiger partial charge in [0.2, 0.25) is 10.0 Å². The third-order valence-corrected chi connectivity index (χ3v) is 12.2. The van der Waals surface area contributed by atoms with Crippen molar-refractivity contribution < 1.29 is 31.5 Å². The van der Waals surface area contributed by atoms with Crippen molar-refractivity contribution in [3.63, 3.8) is 0 Å². The number of thiophene rings is 1. The van der Waals surface area contributed by atoms with Crippen LogP contribution in [0.3, 0.4) is 0 Å². The lowest BCUT2D eigenvalue weighted by molar-refractivity contribution is 0.146. The quantitative estimate of drug-likeness (QED) is 0.137. The molecule has 1 aliphatic heterocycles. The molecule has 1 fully saturated rings. The van der Waals surface area contributed by atoms with E-state index in [1.165, 1.54) is 21.2 Å². The van der Waals surface area contributed by atoms with Crippen LogP contribution in [0, 0.1) is 11.6 Å². The summed E-state index contributed by atoms with van der Waals surface area (Å²) in [6.07, 6.45) is 2.58. The van der Waals surface area contributed by atoms with E-state index in [0.717, 1.165) is 28.0 Å². The van der Waals surface area contributed by atoms with Crippen LogP contribution < -0.4 is 26.6 Å². The van der Waals surface area contributed by atoms with Gasteiger partial charge in [-0.05, 0) is 86.5 Å². The summed E-state index contributed by atoms with van der Waals surface area (Å²) in [6, 6.07) is 16.1. The number of aromatic nitrogens is 2. The number of sulfonamides is 1. The first-order chi connectivity index (χ1) is 26.8. The lowest BCUT2D eigenvalue weighted by Gasteiger charge is -2.27. The van der Waals surface area contributed by atoms with Gasteiger partial charge in [0, 0.05) is 55.5 Å². The Morgan fingerprint density at radius 2 is 1.70 bits per heavy atom. The molecule has 0 radical (unpaired) electrons. The van der Waals surface area contributed by atoms with Gasteiger partial charge in [-0.3, -0.25) is 9.36 Å². The number of anilines is 1. The molecule has 298 valence electrons. The number of ether oxygens (including phenoxy) is 2. The van der Waals surface area contributed by atoms with E-state index in [4.69, 9.17) is 9.47 Å². The highest BCUT2D eigenvalue weighted by molar-refractivity contribution is 7.88. The second kappa shape index (κ2) is 17.5. The fourth-order valence-corrected chi connectivity index (χ4v) is 9.44. The minimum Gasteiger partial charge on any atom is -0.491 e. The standard InChI is InChI=1S/C39H44F2N6O7S2/c1-5-42-38(49)43-26-13-11-25(12-14-26)35-31(23-44(2)22-28-8-7-19-46(28)56(4,51)52)34-36(48)47(27-15-17-29(18-16-27)54-21-20-53-3)39(50)45(37(34)55-35)24-30-32(40)9-6-10-33(30)41/h6,9-18,28H,5,7-8,19-24H2,1-4H3,(H2,42,43,49)/t28-/m0/s1. The summed E-state index contributed by atoms with van der Waals surface area (Å²) in [6.45, 7) is 3.30. The van der Waals surface area contributed by atoms with Crippen molar-refractivity contribution in [3.05, 3.63) is 110 Å². The number of benzene rings is 3. The first-order valence-corrected chi connectivity index (χ1v) is 20.7. The number of hydrogen-bond acceptors (Lipinski definition) is 9. The topological polar surface area (TPSA) is 144 Å². The number of likely N-dealkylation sites (N-methyl/N-ethyl adjacent to an activating group) is 1. The molecule has 0 spiro atoms. The summed E-state index contributed by atoms with van der Waals surface area (Å²) in [7, 11) is -0.0745. The molecular formula is C39H44F2N6O7S2. The maximum Gasteiger partial charge on any atom is 0.337 e. The van der Waals surface area contributed by atoms with Crippen molar-refractivity contribution in [2.24, 2.45) is 0 Å². The molecule has 1 aliphatic rings. The van der Waals surface area contributed by atoms with Crippen molar-refractivity contribution in [3.8, 4) is 21.9 Å². The Balaban J connectivity index is 1.55. The van der Waals surface area contributed by atoms with Crippen LogP contribution >= 0.6 is 11.3 Å². The SMILES string of the molecule is CCNC(=O)Nc1ccc(-c2sc3c(c2CN(C)C[C@@H]2CCCN2S(C)(=O)=O)c(=O)n(-c2ccc(OCCOC)cc2)c(=O)n3Cc2c(F)cccc2F)cc1. The average Bonchev–Trinajstić information content (AvgIpc) is 3.78. The Morgan fingerprint density at radius 1 is 1.00 bits per heavy atom. The van der Waals surface area contributed by atoms with E-state index in [2.05, 4.69) is 10.6 Å². The smallest absolute Gasteiger partial charge is 0.337 e. The number of nitrogens with one attached hydrogen (secondary N) is 2. The number of methoxy groups -OCH3 is 1. The van der Waals surface area contributed by atoms with Gasteiger partial charge in [0.1, 0.15) is 28.8 Å². The van der Waals surface area contributed by atoms with Crippen LogP contribution in [0.5, 0.6) is 5.75 Å². The molecule has 3 heterocycles. The first kappa shape index (κ1) is 40.7. The average molecular weight is 811 g/mol. The van der Waals surface area contributed by atoms with E-state index in [1.807, 2.05) is 11.9 Å². The van der Waals surface area contributed by atoms with Gasteiger partial charge in [-0.2, -0.15) is 4.31 Å². The minimum absolute atomic E-state index is 0.163. The molecule has 0 aliphatic carbocycles. The fourth-order valence-electron chi connectivity index (χ4n) is 6.96. The Kier molecular flexibility index (Phi) is 12.7. The molecule has 1 atom stereocenters. The zero-order valence-electron chi connectivity index (χ0n) is 31.5. The third kappa shape index (κ3) is 8.86. The Morgan fingerprint density at radius 3 is 2.34 bits per heavy atom. The molecule has 3 aromatic carbocycles. The fraction of sp³-hybridized carbons (Fsp3) is 0.359. The minimum atomic E-state index is -3.46. The van der Waals surface area contributed by atoms with Crippen molar-refractivity contribution in [1.29, 1.82) is 0 Å². The van der Waals surface area contributed by atoms with E-state index in [0.29, 0.717) is 66.5 Å². The molecule has 1 saturated heterocycles. The van der Waals surface area contributed by atoms with Gasteiger partial charge in [0.15, 0.2) is 0 Å². The Bertz CT molecular complexity index is 2410. The van der Waals surface area contributed by atoms with Gasteiger partial charge in [0.25, 0.3) is 5.56 Å².